The van der Waals surface area contributed by atoms with Crippen LogP contribution in [0.3, 0.4) is 0 Å². The monoisotopic (exact) mass is 415 g/mol. The van der Waals surface area contributed by atoms with Crippen LogP contribution in [-0.2, 0) is 20.6 Å². The Morgan fingerprint density at radius 3 is 2.38 bits per heavy atom. The van der Waals surface area contributed by atoms with E-state index in [0.717, 1.165) is 11.1 Å². The summed E-state index contributed by atoms with van der Waals surface area (Å²) in [7, 11) is -3.42. The zero-order chi connectivity index (χ0) is 21.0. The second-order valence-electron chi connectivity index (χ2n) is 7.35. The Balaban J connectivity index is 1.56. The summed E-state index contributed by atoms with van der Waals surface area (Å²) in [5, 5.41) is 2.79. The van der Waals surface area contributed by atoms with Crippen molar-refractivity contribution >= 4 is 27.5 Å². The summed E-state index contributed by atoms with van der Waals surface area (Å²) in [4.78, 5) is 23.8. The number of hydrogen-bond donors (Lipinski definition) is 2. The minimum atomic E-state index is -3.42. The second kappa shape index (κ2) is 8.75. The molecule has 0 atom stereocenters. The van der Waals surface area contributed by atoms with Crippen LogP contribution in [0, 0.1) is 12.8 Å². The first kappa shape index (κ1) is 21.0. The van der Waals surface area contributed by atoms with Crippen LogP contribution in [0.1, 0.15) is 34.3 Å². The molecule has 2 aromatic carbocycles. The van der Waals surface area contributed by atoms with Crippen LogP contribution in [0.5, 0.6) is 0 Å². The van der Waals surface area contributed by atoms with E-state index < -0.39 is 15.9 Å². The number of carbonyl (C=O) groups excluding carboxylic acids is 2. The minimum Gasteiger partial charge on any atom is -0.366 e. The van der Waals surface area contributed by atoms with Crippen LogP contribution in [-0.4, -0.2) is 37.6 Å². The van der Waals surface area contributed by atoms with Gasteiger partial charge < -0.3 is 11.1 Å². The quantitative estimate of drug-likeness (QED) is 0.754. The maximum absolute atomic E-state index is 12.7. The van der Waals surface area contributed by atoms with Crippen molar-refractivity contribution < 1.29 is 18.0 Å². The van der Waals surface area contributed by atoms with Crippen LogP contribution >= 0.6 is 0 Å². The number of aryl methyl sites for hydroxylation is 1. The average Bonchev–Trinajstić information content (AvgIpc) is 2.70. The van der Waals surface area contributed by atoms with Crippen molar-refractivity contribution in [1.82, 2.24) is 4.31 Å². The fraction of sp³-hybridized carbons (Fsp3) is 0.333. The third-order valence-electron chi connectivity index (χ3n) is 5.10. The number of piperidine rings is 1. The standard InChI is InChI=1S/C21H25N3O4S/c1-15-5-7-16(8-6-15)14-29(27,28)24-11-9-17(10-12-24)21(26)23-19-4-2-3-18(13-19)20(22)25/h2-8,13,17H,9-12,14H2,1H3,(H2,22,25)(H,23,26). The molecular weight excluding hydrogens is 390 g/mol. The molecule has 154 valence electrons. The number of anilines is 1. The zero-order valence-electron chi connectivity index (χ0n) is 16.3. The van der Waals surface area contributed by atoms with Crippen molar-refractivity contribution in [3.05, 3.63) is 65.2 Å². The maximum atomic E-state index is 12.7. The Hall–Kier alpha value is -2.71. The van der Waals surface area contributed by atoms with Crippen molar-refractivity contribution in [2.45, 2.75) is 25.5 Å². The third-order valence-corrected chi connectivity index (χ3v) is 6.95. The van der Waals surface area contributed by atoms with E-state index in [2.05, 4.69) is 5.32 Å². The first-order chi connectivity index (χ1) is 13.7. The van der Waals surface area contributed by atoms with Crippen LogP contribution in [0.15, 0.2) is 48.5 Å². The smallest absolute Gasteiger partial charge is 0.248 e. The van der Waals surface area contributed by atoms with E-state index in [4.69, 9.17) is 5.73 Å². The van der Waals surface area contributed by atoms with Crippen molar-refractivity contribution in [3.63, 3.8) is 0 Å². The third kappa shape index (κ3) is 5.42. The Bertz CT molecular complexity index is 995. The fourth-order valence-electron chi connectivity index (χ4n) is 3.38. The molecule has 1 fully saturated rings. The van der Waals surface area contributed by atoms with Gasteiger partial charge in [0.1, 0.15) is 0 Å². The van der Waals surface area contributed by atoms with Crippen LogP contribution in [0.25, 0.3) is 0 Å². The number of rotatable bonds is 6. The average molecular weight is 416 g/mol. The van der Waals surface area contributed by atoms with Gasteiger partial charge >= 0.3 is 0 Å². The molecular formula is C21H25N3O4S. The van der Waals surface area contributed by atoms with Gasteiger partial charge in [-0.15, -0.1) is 0 Å². The molecule has 1 heterocycles. The molecule has 0 radical (unpaired) electrons. The summed E-state index contributed by atoms with van der Waals surface area (Å²) in [6, 6.07) is 13.9. The predicted molar refractivity (Wildman–Crippen MR) is 112 cm³/mol. The summed E-state index contributed by atoms with van der Waals surface area (Å²) in [6.45, 7) is 2.58. The van der Waals surface area contributed by atoms with Gasteiger partial charge in [-0.05, 0) is 43.5 Å². The molecule has 7 nitrogen and oxygen atoms in total. The summed E-state index contributed by atoms with van der Waals surface area (Å²) >= 11 is 0. The lowest BCUT2D eigenvalue weighted by Gasteiger charge is -2.30. The van der Waals surface area contributed by atoms with Gasteiger partial charge in [-0.2, -0.15) is 0 Å². The molecule has 2 aromatic rings. The lowest BCUT2D eigenvalue weighted by Crippen LogP contribution is -2.41. The fourth-order valence-corrected chi connectivity index (χ4v) is 4.94. The molecule has 3 N–H and O–H groups in total. The molecule has 1 saturated heterocycles. The van der Waals surface area contributed by atoms with Crippen molar-refractivity contribution in [2.75, 3.05) is 18.4 Å². The van der Waals surface area contributed by atoms with Crippen molar-refractivity contribution in [3.8, 4) is 0 Å². The highest BCUT2D eigenvalue weighted by atomic mass is 32.2. The van der Waals surface area contributed by atoms with E-state index in [1.807, 2.05) is 31.2 Å². The lowest BCUT2D eigenvalue weighted by atomic mass is 9.97. The summed E-state index contributed by atoms with van der Waals surface area (Å²) in [5.41, 5.74) is 7.92. The number of amides is 2. The molecule has 0 aromatic heterocycles. The van der Waals surface area contributed by atoms with Gasteiger partial charge in [0.2, 0.25) is 21.8 Å². The minimum absolute atomic E-state index is 0.0376. The van der Waals surface area contributed by atoms with E-state index >= 15 is 0 Å². The van der Waals surface area contributed by atoms with E-state index in [9.17, 15) is 18.0 Å². The van der Waals surface area contributed by atoms with Gasteiger partial charge in [0.25, 0.3) is 0 Å². The number of hydrogen-bond acceptors (Lipinski definition) is 4. The molecule has 29 heavy (non-hydrogen) atoms. The van der Waals surface area contributed by atoms with Crippen molar-refractivity contribution in [2.24, 2.45) is 11.7 Å². The Labute approximate surface area is 171 Å². The normalized spacial score (nSPS) is 15.8. The van der Waals surface area contributed by atoms with E-state index in [1.54, 1.807) is 18.2 Å². The molecule has 2 amide bonds. The molecule has 0 saturated carbocycles. The molecule has 1 aliphatic heterocycles. The van der Waals surface area contributed by atoms with Crippen LogP contribution in [0.2, 0.25) is 0 Å². The largest absolute Gasteiger partial charge is 0.366 e. The van der Waals surface area contributed by atoms with Gasteiger partial charge in [-0.1, -0.05) is 35.9 Å². The van der Waals surface area contributed by atoms with Crippen LogP contribution in [0.4, 0.5) is 5.69 Å². The lowest BCUT2D eigenvalue weighted by molar-refractivity contribution is -0.120. The molecule has 0 bridgehead atoms. The second-order valence-corrected chi connectivity index (χ2v) is 9.32. The molecule has 3 rings (SSSR count). The Kier molecular flexibility index (Phi) is 6.34. The highest BCUT2D eigenvalue weighted by Crippen LogP contribution is 2.23. The molecule has 0 aliphatic carbocycles. The van der Waals surface area contributed by atoms with E-state index in [-0.39, 0.29) is 17.6 Å². The Morgan fingerprint density at radius 2 is 1.76 bits per heavy atom. The number of sulfonamides is 1. The zero-order valence-corrected chi connectivity index (χ0v) is 17.1. The summed E-state index contributed by atoms with van der Waals surface area (Å²) < 4.78 is 26.8. The number of benzene rings is 2. The van der Waals surface area contributed by atoms with Gasteiger partial charge in [0.15, 0.2) is 0 Å². The number of primary amides is 1. The number of nitrogens with two attached hydrogens (primary N) is 1. The topological polar surface area (TPSA) is 110 Å². The first-order valence-electron chi connectivity index (χ1n) is 9.49. The summed E-state index contributed by atoms with van der Waals surface area (Å²) in [6.07, 6.45) is 0.906. The highest BCUT2D eigenvalue weighted by Gasteiger charge is 2.31. The van der Waals surface area contributed by atoms with E-state index in [1.165, 1.54) is 10.4 Å². The van der Waals surface area contributed by atoms with Crippen molar-refractivity contribution in [1.29, 1.82) is 0 Å². The van der Waals surface area contributed by atoms with Gasteiger partial charge in [0.05, 0.1) is 5.75 Å². The molecule has 8 heteroatoms. The van der Waals surface area contributed by atoms with Crippen LogP contribution < -0.4 is 11.1 Å². The SMILES string of the molecule is Cc1ccc(CS(=O)(=O)N2CCC(C(=O)Nc3cccc(C(N)=O)c3)CC2)cc1. The highest BCUT2D eigenvalue weighted by molar-refractivity contribution is 7.88. The van der Waals surface area contributed by atoms with Gasteiger partial charge in [0, 0.05) is 30.3 Å². The summed E-state index contributed by atoms with van der Waals surface area (Å²) in [5.74, 6) is -1.06. The predicted octanol–water partition coefficient (Wildman–Crippen LogP) is 2.27. The van der Waals surface area contributed by atoms with E-state index in [0.29, 0.717) is 37.2 Å². The Morgan fingerprint density at radius 1 is 1.10 bits per heavy atom. The number of nitrogens with one attached hydrogen (secondary N) is 1. The van der Waals surface area contributed by atoms with Gasteiger partial charge in [-0.25, -0.2) is 12.7 Å². The molecule has 0 unspecified atom stereocenters. The maximum Gasteiger partial charge on any atom is 0.248 e. The molecule has 0 spiro atoms. The van der Waals surface area contributed by atoms with Gasteiger partial charge in [-0.3, -0.25) is 9.59 Å². The number of carbonyl (C=O) groups is 2. The number of nitrogens with zero attached hydrogens (tertiary/aromatic N) is 1. The molecule has 1 aliphatic rings. The first-order valence-corrected chi connectivity index (χ1v) is 11.1.